The molecule has 0 aliphatic carbocycles. The van der Waals surface area contributed by atoms with Crippen LogP contribution in [0.1, 0.15) is 43.4 Å². The highest BCUT2D eigenvalue weighted by Gasteiger charge is 2.34. The molecule has 3 rings (SSSR count). The van der Waals surface area contributed by atoms with Crippen LogP contribution in [0.5, 0.6) is 5.75 Å². The number of nitrogens with one attached hydrogen (secondary N) is 2. The summed E-state index contributed by atoms with van der Waals surface area (Å²) in [5.74, 6) is 1.64. The first-order valence-electron chi connectivity index (χ1n) is 11.1. The Hall–Kier alpha value is -1.84. The highest BCUT2D eigenvalue weighted by molar-refractivity contribution is 14.0. The van der Waals surface area contributed by atoms with Gasteiger partial charge in [-0.05, 0) is 49.4 Å². The van der Waals surface area contributed by atoms with Crippen molar-refractivity contribution < 1.29 is 14.6 Å². The minimum absolute atomic E-state index is 0. The zero-order chi connectivity index (χ0) is 21.9. The molecule has 0 saturated carbocycles. The summed E-state index contributed by atoms with van der Waals surface area (Å²) in [4.78, 5) is 4.92. The molecular weight excluding hydrogens is 517 g/mol. The van der Waals surface area contributed by atoms with Crippen molar-refractivity contribution in [1.29, 1.82) is 0 Å². The zero-order valence-corrected chi connectivity index (χ0v) is 21.4. The van der Waals surface area contributed by atoms with Gasteiger partial charge in [-0.25, -0.2) is 0 Å². The average Bonchev–Trinajstić information content (AvgIpc) is 2.83. The lowest BCUT2D eigenvalue weighted by Crippen LogP contribution is -2.41. The molecule has 1 aliphatic rings. The first-order valence-corrected chi connectivity index (χ1v) is 11.1. The Morgan fingerprint density at radius 3 is 2.41 bits per heavy atom. The summed E-state index contributed by atoms with van der Waals surface area (Å²) in [7, 11) is 1.69. The Bertz CT molecular complexity index is 809. The lowest BCUT2D eigenvalue weighted by molar-refractivity contribution is 0.0531. The summed E-state index contributed by atoms with van der Waals surface area (Å²) >= 11 is 0. The summed E-state index contributed by atoms with van der Waals surface area (Å²) in [5, 5.41) is 17.1. The maximum Gasteiger partial charge on any atom is 0.191 e. The van der Waals surface area contributed by atoms with Gasteiger partial charge in [-0.2, -0.15) is 0 Å². The standard InChI is InChI=1S/C25H35N3O3.HI/c1-3-26-24(27-16-13-23(29)20-7-5-4-6-8-20)28-19-25(14-17-31-18-15-25)21-9-11-22(30-2)12-10-21;/h4-12,23,29H,3,13-19H2,1-2H3,(H2,26,27,28);1H. The van der Waals surface area contributed by atoms with Gasteiger partial charge in [0.2, 0.25) is 0 Å². The summed E-state index contributed by atoms with van der Waals surface area (Å²) in [6.45, 7) is 5.65. The molecule has 6 nitrogen and oxygen atoms in total. The van der Waals surface area contributed by atoms with E-state index >= 15 is 0 Å². The van der Waals surface area contributed by atoms with Crippen LogP contribution in [0.15, 0.2) is 59.6 Å². The SMILES string of the molecule is CCNC(=NCC1(c2ccc(OC)cc2)CCOCC1)NCCC(O)c1ccccc1.I. The first kappa shape index (κ1) is 26.4. The quantitative estimate of drug-likeness (QED) is 0.249. The van der Waals surface area contributed by atoms with Gasteiger partial charge in [0, 0.05) is 31.7 Å². The van der Waals surface area contributed by atoms with Gasteiger partial charge in [0.15, 0.2) is 5.96 Å². The van der Waals surface area contributed by atoms with Gasteiger partial charge in [-0.3, -0.25) is 4.99 Å². The molecule has 176 valence electrons. The maximum atomic E-state index is 10.4. The van der Waals surface area contributed by atoms with E-state index in [1.807, 2.05) is 42.5 Å². The van der Waals surface area contributed by atoms with Gasteiger partial charge in [0.25, 0.3) is 0 Å². The van der Waals surface area contributed by atoms with Crippen molar-refractivity contribution in [1.82, 2.24) is 10.6 Å². The Balaban J connectivity index is 0.00000363. The Kier molecular flexibility index (Phi) is 11.3. The van der Waals surface area contributed by atoms with Gasteiger partial charge < -0.3 is 25.2 Å². The van der Waals surface area contributed by atoms with Crippen molar-refractivity contribution in [3.8, 4) is 5.75 Å². The highest BCUT2D eigenvalue weighted by Crippen LogP contribution is 2.36. The maximum absolute atomic E-state index is 10.4. The topological polar surface area (TPSA) is 75.1 Å². The van der Waals surface area contributed by atoms with E-state index in [1.54, 1.807) is 7.11 Å². The van der Waals surface area contributed by atoms with E-state index < -0.39 is 6.10 Å². The lowest BCUT2D eigenvalue weighted by Gasteiger charge is -2.36. The van der Waals surface area contributed by atoms with Crippen molar-refractivity contribution in [2.24, 2.45) is 4.99 Å². The molecule has 1 atom stereocenters. The molecule has 0 radical (unpaired) electrons. The molecule has 2 aromatic rings. The van der Waals surface area contributed by atoms with Crippen LogP contribution in [0.3, 0.4) is 0 Å². The molecule has 1 aliphatic heterocycles. The van der Waals surface area contributed by atoms with Gasteiger partial charge in [-0.1, -0.05) is 42.5 Å². The zero-order valence-electron chi connectivity index (χ0n) is 19.0. The van der Waals surface area contributed by atoms with Crippen molar-refractivity contribution in [2.45, 2.75) is 37.7 Å². The third kappa shape index (κ3) is 7.35. The van der Waals surface area contributed by atoms with E-state index in [0.29, 0.717) is 19.5 Å². The molecule has 1 saturated heterocycles. The van der Waals surface area contributed by atoms with Crippen molar-refractivity contribution >= 4 is 29.9 Å². The van der Waals surface area contributed by atoms with E-state index in [-0.39, 0.29) is 29.4 Å². The number of benzene rings is 2. The molecule has 3 N–H and O–H groups in total. The van der Waals surface area contributed by atoms with Gasteiger partial charge in [0.05, 0.1) is 19.8 Å². The first-order chi connectivity index (χ1) is 15.2. The smallest absolute Gasteiger partial charge is 0.191 e. The van der Waals surface area contributed by atoms with Crippen molar-refractivity contribution in [2.75, 3.05) is 40.0 Å². The van der Waals surface area contributed by atoms with Crippen LogP contribution < -0.4 is 15.4 Å². The van der Waals surface area contributed by atoms with Gasteiger partial charge in [0.1, 0.15) is 5.75 Å². The second kappa shape index (κ2) is 13.6. The number of methoxy groups -OCH3 is 1. The fourth-order valence-corrected chi connectivity index (χ4v) is 3.99. The summed E-state index contributed by atoms with van der Waals surface area (Å²) in [5.41, 5.74) is 2.17. The number of nitrogens with zero attached hydrogens (tertiary/aromatic N) is 1. The summed E-state index contributed by atoms with van der Waals surface area (Å²) in [6.07, 6.45) is 2.01. The highest BCUT2D eigenvalue weighted by atomic mass is 127. The number of aliphatic hydroxyl groups excluding tert-OH is 1. The monoisotopic (exact) mass is 553 g/mol. The fraction of sp³-hybridized carbons (Fsp3) is 0.480. The van der Waals surface area contributed by atoms with Crippen molar-refractivity contribution in [3.05, 3.63) is 65.7 Å². The molecule has 0 bridgehead atoms. The van der Waals surface area contributed by atoms with E-state index in [4.69, 9.17) is 14.5 Å². The molecule has 1 heterocycles. The minimum atomic E-state index is -0.488. The van der Waals surface area contributed by atoms with Crippen LogP contribution >= 0.6 is 24.0 Å². The molecule has 1 unspecified atom stereocenters. The molecule has 0 amide bonds. The van der Waals surface area contributed by atoms with Crippen molar-refractivity contribution in [3.63, 3.8) is 0 Å². The van der Waals surface area contributed by atoms with E-state index in [1.165, 1.54) is 5.56 Å². The van der Waals surface area contributed by atoms with E-state index in [2.05, 4.69) is 29.7 Å². The van der Waals surface area contributed by atoms with Crippen LogP contribution in [-0.2, 0) is 10.2 Å². The second-order valence-corrected chi connectivity index (χ2v) is 7.96. The number of rotatable bonds is 9. The normalized spacial score (nSPS) is 16.5. The molecule has 2 aromatic carbocycles. The molecule has 7 heteroatoms. The van der Waals surface area contributed by atoms with Gasteiger partial charge in [-0.15, -0.1) is 24.0 Å². The van der Waals surface area contributed by atoms with Crippen LogP contribution in [0, 0.1) is 0 Å². The van der Waals surface area contributed by atoms with Gasteiger partial charge >= 0.3 is 0 Å². The number of halogens is 1. The minimum Gasteiger partial charge on any atom is -0.497 e. The molecule has 0 spiro atoms. The Morgan fingerprint density at radius 2 is 1.78 bits per heavy atom. The predicted molar refractivity (Wildman–Crippen MR) is 140 cm³/mol. The number of aliphatic hydroxyl groups is 1. The summed E-state index contributed by atoms with van der Waals surface area (Å²) in [6, 6.07) is 18.1. The Morgan fingerprint density at radius 1 is 1.09 bits per heavy atom. The largest absolute Gasteiger partial charge is 0.497 e. The average molecular weight is 553 g/mol. The summed E-state index contributed by atoms with van der Waals surface area (Å²) < 4.78 is 11.0. The van der Waals surface area contributed by atoms with Crippen LogP contribution in [0.4, 0.5) is 0 Å². The Labute approximate surface area is 208 Å². The molecule has 0 aromatic heterocycles. The predicted octanol–water partition coefficient (Wildman–Crippen LogP) is 4.04. The van der Waals surface area contributed by atoms with Crippen LogP contribution in [0.2, 0.25) is 0 Å². The lowest BCUT2D eigenvalue weighted by atomic mass is 9.74. The number of aliphatic imine (C=N–C) groups is 1. The second-order valence-electron chi connectivity index (χ2n) is 7.96. The third-order valence-electron chi connectivity index (χ3n) is 5.93. The molecule has 32 heavy (non-hydrogen) atoms. The number of guanidine groups is 1. The van der Waals surface area contributed by atoms with E-state index in [9.17, 15) is 5.11 Å². The van der Waals surface area contributed by atoms with E-state index in [0.717, 1.165) is 49.9 Å². The van der Waals surface area contributed by atoms with Crippen LogP contribution in [0.25, 0.3) is 0 Å². The number of ether oxygens (including phenoxy) is 2. The number of hydrogen-bond donors (Lipinski definition) is 3. The fourth-order valence-electron chi connectivity index (χ4n) is 3.99. The third-order valence-corrected chi connectivity index (χ3v) is 5.93. The number of hydrogen-bond acceptors (Lipinski definition) is 4. The van der Waals surface area contributed by atoms with Crippen LogP contribution in [-0.4, -0.2) is 51.0 Å². The molecular formula is C25H36IN3O3. The molecule has 1 fully saturated rings.